The fourth-order valence-electron chi connectivity index (χ4n) is 1.95. The van der Waals surface area contributed by atoms with Gasteiger partial charge in [-0.1, -0.05) is 23.9 Å². The SMILES string of the molecule is CC=CC(=O)Oc1ccc(Sc2ccc(OC(=O)C=CC)c(Br)c2)cc1Br. The van der Waals surface area contributed by atoms with E-state index in [-0.39, 0.29) is 0 Å². The summed E-state index contributed by atoms with van der Waals surface area (Å²) in [5.74, 6) is 0.0564. The molecule has 4 nitrogen and oxygen atoms in total. The molecule has 0 atom stereocenters. The lowest BCUT2D eigenvalue weighted by molar-refractivity contribution is -0.129. The quantitative estimate of drug-likeness (QED) is 0.258. The molecule has 0 aliphatic heterocycles. The first-order chi connectivity index (χ1) is 12.9. The van der Waals surface area contributed by atoms with Crippen LogP contribution in [-0.2, 0) is 9.59 Å². The summed E-state index contributed by atoms with van der Waals surface area (Å²) in [6.45, 7) is 3.50. The molecule has 0 heterocycles. The Labute approximate surface area is 178 Å². The number of hydrogen-bond donors (Lipinski definition) is 0. The van der Waals surface area contributed by atoms with E-state index in [1.807, 2.05) is 24.3 Å². The van der Waals surface area contributed by atoms with Crippen molar-refractivity contribution in [2.45, 2.75) is 23.6 Å². The van der Waals surface area contributed by atoms with Gasteiger partial charge in [-0.2, -0.15) is 0 Å². The first-order valence-electron chi connectivity index (χ1n) is 7.89. The van der Waals surface area contributed by atoms with Crippen molar-refractivity contribution in [3.63, 3.8) is 0 Å². The van der Waals surface area contributed by atoms with Crippen molar-refractivity contribution in [3.05, 3.63) is 69.6 Å². The van der Waals surface area contributed by atoms with Crippen LogP contribution in [0.25, 0.3) is 0 Å². The van der Waals surface area contributed by atoms with Crippen molar-refractivity contribution in [1.29, 1.82) is 0 Å². The standard InChI is InChI=1S/C20H16Br2O4S/c1-3-5-19(23)25-17-9-7-13(11-15(17)21)27-14-8-10-18(16(22)12-14)26-20(24)6-4-2/h3-12H,1-2H3. The molecule has 7 heteroatoms. The lowest BCUT2D eigenvalue weighted by atomic mass is 10.3. The maximum atomic E-state index is 11.5. The molecule has 140 valence electrons. The van der Waals surface area contributed by atoms with Crippen molar-refractivity contribution < 1.29 is 19.1 Å². The highest BCUT2D eigenvalue weighted by molar-refractivity contribution is 9.11. The minimum Gasteiger partial charge on any atom is -0.422 e. The summed E-state index contributed by atoms with van der Waals surface area (Å²) >= 11 is 8.36. The molecule has 0 aromatic heterocycles. The lowest BCUT2D eigenvalue weighted by Crippen LogP contribution is -2.04. The predicted molar refractivity (Wildman–Crippen MR) is 113 cm³/mol. The molecule has 0 saturated carbocycles. The number of carbonyl (C=O) groups excluding carboxylic acids is 2. The van der Waals surface area contributed by atoms with E-state index in [0.29, 0.717) is 20.4 Å². The Morgan fingerprint density at radius 2 is 1.22 bits per heavy atom. The molecule has 0 fully saturated rings. The fraction of sp³-hybridized carbons (Fsp3) is 0.100. The van der Waals surface area contributed by atoms with Gasteiger partial charge in [-0.3, -0.25) is 0 Å². The number of rotatable bonds is 6. The van der Waals surface area contributed by atoms with E-state index in [4.69, 9.17) is 9.47 Å². The smallest absolute Gasteiger partial charge is 0.335 e. The van der Waals surface area contributed by atoms with Crippen LogP contribution < -0.4 is 9.47 Å². The van der Waals surface area contributed by atoms with Crippen LogP contribution in [0.2, 0.25) is 0 Å². The van der Waals surface area contributed by atoms with Gasteiger partial charge in [0.15, 0.2) is 0 Å². The average Bonchev–Trinajstić information content (AvgIpc) is 2.60. The van der Waals surface area contributed by atoms with Gasteiger partial charge in [0.2, 0.25) is 0 Å². The minimum absolute atomic E-state index is 0.425. The third-order valence-corrected chi connectivity index (χ3v) is 5.29. The first-order valence-corrected chi connectivity index (χ1v) is 10.3. The Balaban J connectivity index is 2.10. The minimum atomic E-state index is -0.425. The molecule has 2 rings (SSSR count). The highest BCUT2D eigenvalue weighted by atomic mass is 79.9. The molecule has 0 spiro atoms. The summed E-state index contributed by atoms with van der Waals surface area (Å²) in [7, 11) is 0. The van der Waals surface area contributed by atoms with Crippen LogP contribution >= 0.6 is 43.6 Å². The summed E-state index contributed by atoms with van der Waals surface area (Å²) < 4.78 is 11.8. The second-order valence-electron chi connectivity index (χ2n) is 5.13. The largest absolute Gasteiger partial charge is 0.422 e. The second kappa shape index (κ2) is 10.5. The van der Waals surface area contributed by atoms with Gasteiger partial charge in [-0.05, 0) is 82.1 Å². The maximum Gasteiger partial charge on any atom is 0.335 e. The van der Waals surface area contributed by atoms with Gasteiger partial charge in [-0.25, -0.2) is 9.59 Å². The van der Waals surface area contributed by atoms with Gasteiger partial charge in [0.05, 0.1) is 8.95 Å². The number of benzene rings is 2. The van der Waals surface area contributed by atoms with Crippen molar-refractivity contribution in [1.82, 2.24) is 0 Å². The summed E-state index contributed by atoms with van der Waals surface area (Å²) in [5, 5.41) is 0. The number of allylic oxidation sites excluding steroid dienone is 2. The van der Waals surface area contributed by atoms with Crippen LogP contribution in [0.1, 0.15) is 13.8 Å². The van der Waals surface area contributed by atoms with Crippen molar-refractivity contribution >= 4 is 55.6 Å². The zero-order valence-electron chi connectivity index (χ0n) is 14.6. The number of ether oxygens (including phenoxy) is 2. The summed E-state index contributed by atoms with van der Waals surface area (Å²) in [5.41, 5.74) is 0. The van der Waals surface area contributed by atoms with E-state index >= 15 is 0 Å². The van der Waals surface area contributed by atoms with Crippen molar-refractivity contribution in [2.75, 3.05) is 0 Å². The van der Waals surface area contributed by atoms with E-state index in [1.165, 1.54) is 23.9 Å². The van der Waals surface area contributed by atoms with E-state index in [0.717, 1.165) is 9.79 Å². The predicted octanol–water partition coefficient (Wildman–Crippen LogP) is 6.33. The Hall–Kier alpha value is -1.83. The highest BCUT2D eigenvalue weighted by Gasteiger charge is 2.10. The van der Waals surface area contributed by atoms with E-state index < -0.39 is 11.9 Å². The lowest BCUT2D eigenvalue weighted by Gasteiger charge is -2.09. The number of esters is 2. The number of halogens is 2. The molecule has 0 saturated heterocycles. The van der Waals surface area contributed by atoms with Gasteiger partial charge in [0, 0.05) is 21.9 Å². The maximum absolute atomic E-state index is 11.5. The van der Waals surface area contributed by atoms with Gasteiger partial charge in [-0.15, -0.1) is 0 Å². The topological polar surface area (TPSA) is 52.6 Å². The molecule has 0 amide bonds. The second-order valence-corrected chi connectivity index (χ2v) is 7.98. The van der Waals surface area contributed by atoms with E-state index in [1.54, 1.807) is 38.1 Å². The average molecular weight is 512 g/mol. The van der Waals surface area contributed by atoms with Gasteiger partial charge < -0.3 is 9.47 Å². The van der Waals surface area contributed by atoms with Gasteiger partial charge >= 0.3 is 11.9 Å². The van der Waals surface area contributed by atoms with E-state index in [9.17, 15) is 9.59 Å². The van der Waals surface area contributed by atoms with Crippen LogP contribution in [0.15, 0.2) is 79.4 Å². The van der Waals surface area contributed by atoms with E-state index in [2.05, 4.69) is 31.9 Å². The third kappa shape index (κ3) is 6.68. The van der Waals surface area contributed by atoms with Crippen LogP contribution in [-0.4, -0.2) is 11.9 Å². The van der Waals surface area contributed by atoms with Crippen LogP contribution in [0.3, 0.4) is 0 Å². The Bertz CT molecular complexity index is 833. The van der Waals surface area contributed by atoms with Gasteiger partial charge in [0.25, 0.3) is 0 Å². The molecule has 0 aliphatic rings. The summed E-state index contributed by atoms with van der Waals surface area (Å²) in [4.78, 5) is 25.0. The third-order valence-electron chi connectivity index (χ3n) is 3.07. The van der Waals surface area contributed by atoms with Crippen LogP contribution in [0.5, 0.6) is 11.5 Å². The Kier molecular flexibility index (Phi) is 8.34. The molecule has 2 aromatic carbocycles. The zero-order valence-corrected chi connectivity index (χ0v) is 18.6. The molecule has 2 aromatic rings. The molecular weight excluding hydrogens is 496 g/mol. The molecule has 0 bridgehead atoms. The first kappa shape index (κ1) is 21.5. The Morgan fingerprint density at radius 3 is 1.56 bits per heavy atom. The van der Waals surface area contributed by atoms with Crippen molar-refractivity contribution in [3.8, 4) is 11.5 Å². The molecular formula is C20H16Br2O4S. The monoisotopic (exact) mass is 510 g/mol. The molecule has 0 unspecified atom stereocenters. The molecule has 0 radical (unpaired) electrons. The summed E-state index contributed by atoms with van der Waals surface area (Å²) in [6, 6.07) is 10.9. The fourth-order valence-corrected chi connectivity index (χ4v) is 4.07. The van der Waals surface area contributed by atoms with Crippen LogP contribution in [0, 0.1) is 0 Å². The Morgan fingerprint density at radius 1 is 0.815 bits per heavy atom. The van der Waals surface area contributed by atoms with Crippen molar-refractivity contribution in [2.24, 2.45) is 0 Å². The summed E-state index contributed by atoms with van der Waals surface area (Å²) in [6.07, 6.45) is 5.96. The normalized spacial score (nSPS) is 11.1. The zero-order chi connectivity index (χ0) is 19.8. The van der Waals surface area contributed by atoms with Crippen LogP contribution in [0.4, 0.5) is 0 Å². The van der Waals surface area contributed by atoms with Gasteiger partial charge in [0.1, 0.15) is 11.5 Å². The molecule has 0 aliphatic carbocycles. The highest BCUT2D eigenvalue weighted by Crippen LogP contribution is 2.37. The molecule has 27 heavy (non-hydrogen) atoms. The number of hydrogen-bond acceptors (Lipinski definition) is 5. The number of carbonyl (C=O) groups is 2. The molecule has 0 N–H and O–H groups in total.